The Morgan fingerprint density at radius 1 is 1.00 bits per heavy atom. The van der Waals surface area contributed by atoms with Gasteiger partial charge in [0.05, 0.1) is 0 Å². The molecule has 1 aromatic carbocycles. The van der Waals surface area contributed by atoms with Crippen molar-refractivity contribution in [3.05, 3.63) is 35.4 Å². The van der Waals surface area contributed by atoms with Gasteiger partial charge in [0, 0.05) is 19.5 Å². The van der Waals surface area contributed by atoms with Crippen molar-refractivity contribution in [1.82, 2.24) is 10.2 Å². The van der Waals surface area contributed by atoms with Crippen LogP contribution in [0.15, 0.2) is 24.3 Å². The molecule has 1 aliphatic carbocycles. The summed E-state index contributed by atoms with van der Waals surface area (Å²) in [4.78, 5) is 27.7. The number of carbonyl (C=O) groups is 2. The third-order valence-corrected chi connectivity index (χ3v) is 6.80. The molecule has 1 atom stereocenters. The monoisotopic (exact) mass is 398 g/mol. The molecule has 4 heteroatoms. The molecule has 0 radical (unpaired) electrons. The van der Waals surface area contributed by atoms with Crippen LogP contribution >= 0.6 is 0 Å². The van der Waals surface area contributed by atoms with Gasteiger partial charge in [0.15, 0.2) is 0 Å². The van der Waals surface area contributed by atoms with Crippen molar-refractivity contribution < 1.29 is 9.59 Å². The zero-order valence-corrected chi connectivity index (χ0v) is 18.5. The van der Waals surface area contributed by atoms with Gasteiger partial charge in [-0.2, -0.15) is 0 Å². The van der Waals surface area contributed by atoms with Crippen LogP contribution in [0.3, 0.4) is 0 Å². The summed E-state index contributed by atoms with van der Waals surface area (Å²) in [5, 5.41) is 3.08. The topological polar surface area (TPSA) is 49.4 Å². The van der Waals surface area contributed by atoms with Crippen molar-refractivity contribution in [2.45, 2.75) is 84.1 Å². The highest BCUT2D eigenvalue weighted by atomic mass is 16.2. The van der Waals surface area contributed by atoms with E-state index < -0.39 is 6.04 Å². The highest BCUT2D eigenvalue weighted by Crippen LogP contribution is 2.29. The lowest BCUT2D eigenvalue weighted by Crippen LogP contribution is -2.53. The van der Waals surface area contributed by atoms with Crippen LogP contribution in [0.4, 0.5) is 0 Å². The van der Waals surface area contributed by atoms with Crippen molar-refractivity contribution in [3.8, 4) is 0 Å². The van der Waals surface area contributed by atoms with E-state index in [-0.39, 0.29) is 17.7 Å². The van der Waals surface area contributed by atoms with Gasteiger partial charge in [-0.25, -0.2) is 0 Å². The summed E-state index contributed by atoms with van der Waals surface area (Å²) in [6, 6.07) is 8.38. The van der Waals surface area contributed by atoms with Gasteiger partial charge in [-0.15, -0.1) is 0 Å². The van der Waals surface area contributed by atoms with Crippen LogP contribution in [-0.4, -0.2) is 35.8 Å². The Morgan fingerprint density at radius 2 is 1.62 bits per heavy atom. The Morgan fingerprint density at radius 3 is 2.21 bits per heavy atom. The molecular formula is C25H38N2O2. The van der Waals surface area contributed by atoms with Crippen LogP contribution < -0.4 is 5.32 Å². The average Bonchev–Trinajstić information content (AvgIpc) is 2.73. The highest BCUT2D eigenvalue weighted by molar-refractivity contribution is 5.88. The number of nitrogens with zero attached hydrogens (tertiary/aromatic N) is 1. The first-order chi connectivity index (χ1) is 13.9. The van der Waals surface area contributed by atoms with Crippen molar-refractivity contribution in [3.63, 3.8) is 0 Å². The van der Waals surface area contributed by atoms with Gasteiger partial charge >= 0.3 is 0 Å². The lowest BCUT2D eigenvalue weighted by atomic mass is 9.86. The first kappa shape index (κ1) is 21.9. The van der Waals surface area contributed by atoms with E-state index in [9.17, 15) is 9.59 Å². The summed E-state index contributed by atoms with van der Waals surface area (Å²) in [6.07, 6.45) is 8.64. The van der Waals surface area contributed by atoms with Crippen molar-refractivity contribution >= 4 is 11.8 Å². The number of piperidine rings is 1. The molecule has 1 saturated carbocycles. The number of benzene rings is 1. The Balaban J connectivity index is 1.52. The SMILES string of the molecule is Cc1ccc(C2CCN(C(=O)[C@H](NC(=O)CC3CCCCC3)C(C)C)CC2)cc1. The standard InChI is InChI=1S/C25H38N2O2/c1-18(2)24(26-23(28)17-20-7-5-4-6-8-20)25(29)27-15-13-22(14-16-27)21-11-9-19(3)10-12-21/h9-12,18,20,22,24H,4-8,13-17H2,1-3H3,(H,26,28)/t24-/m1/s1. The highest BCUT2D eigenvalue weighted by Gasteiger charge is 2.32. The predicted molar refractivity (Wildman–Crippen MR) is 118 cm³/mol. The van der Waals surface area contributed by atoms with E-state index >= 15 is 0 Å². The number of hydrogen-bond donors (Lipinski definition) is 1. The van der Waals surface area contributed by atoms with Gasteiger partial charge < -0.3 is 10.2 Å². The number of rotatable bonds is 6. The molecule has 160 valence electrons. The summed E-state index contributed by atoms with van der Waals surface area (Å²) in [7, 11) is 0. The Bertz CT molecular complexity index is 669. The van der Waals surface area contributed by atoms with Gasteiger partial charge in [-0.05, 0) is 55.9 Å². The zero-order chi connectivity index (χ0) is 20.8. The lowest BCUT2D eigenvalue weighted by Gasteiger charge is -2.36. The molecule has 1 aliphatic heterocycles. The number of carbonyl (C=O) groups excluding carboxylic acids is 2. The molecule has 29 heavy (non-hydrogen) atoms. The first-order valence-electron chi connectivity index (χ1n) is 11.6. The molecule has 1 saturated heterocycles. The summed E-state index contributed by atoms with van der Waals surface area (Å²) in [6.45, 7) is 7.73. The van der Waals surface area contributed by atoms with Crippen molar-refractivity contribution in [1.29, 1.82) is 0 Å². The first-order valence-corrected chi connectivity index (χ1v) is 11.6. The molecule has 1 aromatic rings. The van der Waals surface area contributed by atoms with E-state index in [0.717, 1.165) is 38.8 Å². The maximum Gasteiger partial charge on any atom is 0.245 e. The molecule has 0 unspecified atom stereocenters. The summed E-state index contributed by atoms with van der Waals surface area (Å²) in [5.41, 5.74) is 2.66. The van der Waals surface area contributed by atoms with Crippen molar-refractivity contribution in [2.24, 2.45) is 11.8 Å². The quantitative estimate of drug-likeness (QED) is 0.747. The molecule has 2 aliphatic rings. The predicted octanol–water partition coefficient (Wildman–Crippen LogP) is 4.81. The largest absolute Gasteiger partial charge is 0.344 e. The fourth-order valence-electron chi connectivity index (χ4n) is 4.87. The fourth-order valence-corrected chi connectivity index (χ4v) is 4.87. The van der Waals surface area contributed by atoms with Gasteiger partial charge in [0.2, 0.25) is 11.8 Å². The van der Waals surface area contributed by atoms with Crippen LogP contribution in [0.5, 0.6) is 0 Å². The molecule has 1 N–H and O–H groups in total. The van der Waals surface area contributed by atoms with E-state index in [4.69, 9.17) is 0 Å². The van der Waals surface area contributed by atoms with Crippen LogP contribution in [-0.2, 0) is 9.59 Å². The van der Waals surface area contributed by atoms with E-state index in [1.807, 2.05) is 18.7 Å². The second-order valence-electron chi connectivity index (χ2n) is 9.51. The van der Waals surface area contributed by atoms with Crippen LogP contribution in [0.1, 0.15) is 82.3 Å². The Hall–Kier alpha value is -1.84. The van der Waals surface area contributed by atoms with Gasteiger partial charge in [0.1, 0.15) is 6.04 Å². The molecule has 0 aromatic heterocycles. The second-order valence-corrected chi connectivity index (χ2v) is 9.51. The minimum atomic E-state index is -0.401. The fraction of sp³-hybridized carbons (Fsp3) is 0.680. The van der Waals surface area contributed by atoms with Crippen molar-refractivity contribution in [2.75, 3.05) is 13.1 Å². The van der Waals surface area contributed by atoms with Gasteiger partial charge in [0.25, 0.3) is 0 Å². The number of aryl methyl sites for hydroxylation is 1. The molecule has 3 rings (SSSR count). The molecular weight excluding hydrogens is 360 g/mol. The lowest BCUT2D eigenvalue weighted by molar-refractivity contribution is -0.138. The van der Waals surface area contributed by atoms with Gasteiger partial charge in [-0.3, -0.25) is 9.59 Å². The van der Waals surface area contributed by atoms with E-state index in [2.05, 4.69) is 36.5 Å². The third kappa shape index (κ3) is 6.07. The summed E-state index contributed by atoms with van der Waals surface area (Å²) in [5.74, 6) is 1.28. The number of nitrogens with one attached hydrogen (secondary N) is 1. The normalized spacial score (nSPS) is 19.9. The second kappa shape index (κ2) is 10.3. The van der Waals surface area contributed by atoms with Crippen LogP contribution in [0.25, 0.3) is 0 Å². The van der Waals surface area contributed by atoms with E-state index in [0.29, 0.717) is 18.3 Å². The minimum absolute atomic E-state index is 0.0542. The van der Waals surface area contributed by atoms with Crippen LogP contribution in [0.2, 0.25) is 0 Å². The maximum absolute atomic E-state index is 13.2. The van der Waals surface area contributed by atoms with E-state index in [1.165, 1.54) is 30.4 Å². The van der Waals surface area contributed by atoms with Crippen LogP contribution in [0, 0.1) is 18.8 Å². The summed E-state index contributed by atoms with van der Waals surface area (Å²) >= 11 is 0. The summed E-state index contributed by atoms with van der Waals surface area (Å²) < 4.78 is 0. The average molecular weight is 399 g/mol. The third-order valence-electron chi connectivity index (χ3n) is 6.80. The molecule has 2 fully saturated rings. The van der Waals surface area contributed by atoms with E-state index in [1.54, 1.807) is 0 Å². The molecule has 0 bridgehead atoms. The smallest absolute Gasteiger partial charge is 0.245 e. The molecule has 4 nitrogen and oxygen atoms in total. The number of likely N-dealkylation sites (tertiary alicyclic amines) is 1. The zero-order valence-electron chi connectivity index (χ0n) is 18.5. The molecule has 1 heterocycles. The Kier molecular flexibility index (Phi) is 7.74. The van der Waals surface area contributed by atoms with Gasteiger partial charge in [-0.1, -0.05) is 62.9 Å². The number of hydrogen-bond acceptors (Lipinski definition) is 2. The molecule has 2 amide bonds. The maximum atomic E-state index is 13.2. The Labute approximate surface area is 176 Å². The number of amides is 2. The minimum Gasteiger partial charge on any atom is -0.344 e. The molecule has 0 spiro atoms.